The van der Waals surface area contributed by atoms with E-state index in [0.29, 0.717) is 18.7 Å². The molecule has 0 saturated carbocycles. The van der Waals surface area contributed by atoms with Gasteiger partial charge in [0.15, 0.2) is 0 Å². The summed E-state index contributed by atoms with van der Waals surface area (Å²) in [5.74, 6) is -0.252. The van der Waals surface area contributed by atoms with Crippen molar-refractivity contribution in [2.45, 2.75) is 13.1 Å². The third kappa shape index (κ3) is 3.17. The number of rotatable bonds is 4. The summed E-state index contributed by atoms with van der Waals surface area (Å²) in [5.41, 5.74) is 2.26. The summed E-state index contributed by atoms with van der Waals surface area (Å²) in [4.78, 5) is 14.8. The second-order valence-corrected chi connectivity index (χ2v) is 4.94. The van der Waals surface area contributed by atoms with Gasteiger partial charge in [-0.15, -0.1) is 0 Å². The fraction of sp³-hybridized carbons (Fsp3) is 0.118. The molecular weight excluding hydrogens is 267 g/mol. The Labute approximate surface area is 121 Å². The van der Waals surface area contributed by atoms with Crippen LogP contribution < -0.4 is 10.9 Å². The monoisotopic (exact) mass is 282 g/mol. The maximum absolute atomic E-state index is 13.1. The highest BCUT2D eigenvalue weighted by Gasteiger charge is 2.02. The van der Waals surface area contributed by atoms with E-state index in [1.165, 1.54) is 12.1 Å². The zero-order valence-corrected chi connectivity index (χ0v) is 11.4. The van der Waals surface area contributed by atoms with E-state index in [1.54, 1.807) is 6.07 Å². The van der Waals surface area contributed by atoms with Crippen LogP contribution in [0.1, 0.15) is 11.1 Å². The average Bonchev–Trinajstić information content (AvgIpc) is 2.48. The maximum Gasteiger partial charge on any atom is 0.252 e. The highest BCUT2D eigenvalue weighted by atomic mass is 19.1. The number of para-hydroxylation sites is 1. The molecule has 0 saturated heterocycles. The Hall–Kier alpha value is -2.46. The van der Waals surface area contributed by atoms with Crippen molar-refractivity contribution in [1.29, 1.82) is 0 Å². The molecule has 0 radical (unpaired) electrons. The first-order valence-corrected chi connectivity index (χ1v) is 6.78. The molecule has 21 heavy (non-hydrogen) atoms. The van der Waals surface area contributed by atoms with Gasteiger partial charge in [0, 0.05) is 24.2 Å². The van der Waals surface area contributed by atoms with Crippen LogP contribution in [-0.4, -0.2) is 4.98 Å². The maximum atomic E-state index is 13.1. The lowest BCUT2D eigenvalue weighted by Gasteiger charge is -2.06. The Kier molecular flexibility index (Phi) is 3.79. The summed E-state index contributed by atoms with van der Waals surface area (Å²) < 4.78 is 13.1. The molecule has 2 N–H and O–H groups in total. The number of pyridine rings is 1. The third-order valence-corrected chi connectivity index (χ3v) is 3.36. The van der Waals surface area contributed by atoms with E-state index in [1.807, 2.05) is 36.4 Å². The molecule has 1 heterocycles. The SMILES string of the molecule is O=c1[nH]c2ccccc2cc1CNCc1cccc(F)c1. The molecule has 4 heteroatoms. The van der Waals surface area contributed by atoms with Crippen LogP contribution in [0.3, 0.4) is 0 Å². The number of halogens is 1. The van der Waals surface area contributed by atoms with Crippen LogP contribution >= 0.6 is 0 Å². The normalized spacial score (nSPS) is 10.9. The first-order valence-electron chi connectivity index (χ1n) is 6.78. The van der Waals surface area contributed by atoms with Gasteiger partial charge in [0.1, 0.15) is 5.82 Å². The van der Waals surface area contributed by atoms with Crippen LogP contribution in [0.5, 0.6) is 0 Å². The second kappa shape index (κ2) is 5.89. The van der Waals surface area contributed by atoms with Crippen molar-refractivity contribution in [3.8, 4) is 0 Å². The zero-order valence-electron chi connectivity index (χ0n) is 11.4. The van der Waals surface area contributed by atoms with E-state index in [4.69, 9.17) is 0 Å². The molecule has 0 aliphatic rings. The molecule has 0 aliphatic heterocycles. The minimum Gasteiger partial charge on any atom is -0.322 e. The molecule has 0 atom stereocenters. The van der Waals surface area contributed by atoms with Crippen LogP contribution in [0.4, 0.5) is 4.39 Å². The van der Waals surface area contributed by atoms with Crippen molar-refractivity contribution in [2.24, 2.45) is 0 Å². The predicted molar refractivity (Wildman–Crippen MR) is 81.5 cm³/mol. The molecular formula is C17H15FN2O. The summed E-state index contributed by atoms with van der Waals surface area (Å²) in [7, 11) is 0. The highest BCUT2D eigenvalue weighted by Crippen LogP contribution is 2.10. The van der Waals surface area contributed by atoms with Gasteiger partial charge >= 0.3 is 0 Å². The van der Waals surface area contributed by atoms with E-state index in [-0.39, 0.29) is 11.4 Å². The molecule has 3 nitrogen and oxygen atoms in total. The topological polar surface area (TPSA) is 44.9 Å². The van der Waals surface area contributed by atoms with Crippen molar-refractivity contribution in [3.63, 3.8) is 0 Å². The molecule has 3 aromatic rings. The van der Waals surface area contributed by atoms with E-state index in [9.17, 15) is 9.18 Å². The van der Waals surface area contributed by atoms with E-state index in [2.05, 4.69) is 10.3 Å². The fourth-order valence-electron chi connectivity index (χ4n) is 2.31. The Bertz CT molecular complexity index is 826. The summed E-state index contributed by atoms with van der Waals surface area (Å²) in [5, 5.41) is 4.16. The largest absolute Gasteiger partial charge is 0.322 e. The minimum absolute atomic E-state index is 0.0968. The second-order valence-electron chi connectivity index (χ2n) is 4.94. The van der Waals surface area contributed by atoms with Gasteiger partial charge in [0.05, 0.1) is 0 Å². The number of aromatic nitrogens is 1. The van der Waals surface area contributed by atoms with E-state index < -0.39 is 0 Å². The van der Waals surface area contributed by atoms with Crippen LogP contribution in [0, 0.1) is 5.82 Å². The Morgan fingerprint density at radius 1 is 1.00 bits per heavy atom. The Morgan fingerprint density at radius 2 is 1.86 bits per heavy atom. The lowest BCUT2D eigenvalue weighted by Crippen LogP contribution is -2.20. The standard InChI is InChI=1S/C17H15FN2O/c18-15-6-3-4-12(8-15)10-19-11-14-9-13-5-1-2-7-16(13)20-17(14)21/h1-9,19H,10-11H2,(H,20,21). The lowest BCUT2D eigenvalue weighted by atomic mass is 10.1. The Balaban J connectivity index is 1.73. The van der Waals surface area contributed by atoms with Crippen molar-refractivity contribution in [1.82, 2.24) is 10.3 Å². The number of nitrogens with one attached hydrogen (secondary N) is 2. The minimum atomic E-state index is -0.252. The summed E-state index contributed by atoms with van der Waals surface area (Å²) in [6.45, 7) is 0.959. The van der Waals surface area contributed by atoms with Gasteiger partial charge in [-0.3, -0.25) is 4.79 Å². The molecule has 106 valence electrons. The highest BCUT2D eigenvalue weighted by molar-refractivity contribution is 5.78. The third-order valence-electron chi connectivity index (χ3n) is 3.36. The molecule has 0 bridgehead atoms. The number of fused-ring (bicyclic) bond motifs is 1. The van der Waals surface area contributed by atoms with Crippen LogP contribution in [0.25, 0.3) is 10.9 Å². The molecule has 0 fully saturated rings. The number of aromatic amines is 1. The molecule has 3 rings (SSSR count). The molecule has 0 spiro atoms. The van der Waals surface area contributed by atoms with Crippen LogP contribution in [-0.2, 0) is 13.1 Å². The van der Waals surface area contributed by atoms with Gasteiger partial charge in [0.2, 0.25) is 0 Å². The quantitative estimate of drug-likeness (QED) is 0.772. The van der Waals surface area contributed by atoms with Crippen LogP contribution in [0.15, 0.2) is 59.4 Å². The van der Waals surface area contributed by atoms with Crippen molar-refractivity contribution in [3.05, 3.63) is 81.9 Å². The van der Waals surface area contributed by atoms with Gasteiger partial charge in [-0.25, -0.2) is 4.39 Å². The predicted octanol–water partition coefficient (Wildman–Crippen LogP) is 2.96. The van der Waals surface area contributed by atoms with Gasteiger partial charge < -0.3 is 10.3 Å². The average molecular weight is 282 g/mol. The molecule has 0 aliphatic carbocycles. The lowest BCUT2D eigenvalue weighted by molar-refractivity contribution is 0.620. The number of hydrogen-bond acceptors (Lipinski definition) is 2. The van der Waals surface area contributed by atoms with E-state index in [0.717, 1.165) is 16.5 Å². The summed E-state index contributed by atoms with van der Waals surface area (Å²) >= 11 is 0. The number of benzene rings is 2. The van der Waals surface area contributed by atoms with Crippen molar-refractivity contribution >= 4 is 10.9 Å². The van der Waals surface area contributed by atoms with Gasteiger partial charge in [-0.1, -0.05) is 30.3 Å². The molecule has 1 aromatic heterocycles. The smallest absolute Gasteiger partial charge is 0.252 e. The summed E-state index contributed by atoms with van der Waals surface area (Å²) in [6, 6.07) is 16.0. The molecule has 0 unspecified atom stereocenters. The van der Waals surface area contributed by atoms with E-state index >= 15 is 0 Å². The molecule has 2 aromatic carbocycles. The zero-order chi connectivity index (χ0) is 14.7. The van der Waals surface area contributed by atoms with Crippen molar-refractivity contribution in [2.75, 3.05) is 0 Å². The number of hydrogen-bond donors (Lipinski definition) is 2. The fourth-order valence-corrected chi connectivity index (χ4v) is 2.31. The first kappa shape index (κ1) is 13.5. The van der Waals surface area contributed by atoms with Crippen LogP contribution in [0.2, 0.25) is 0 Å². The first-order chi connectivity index (χ1) is 10.2. The van der Waals surface area contributed by atoms with Gasteiger partial charge in [-0.05, 0) is 35.2 Å². The number of H-pyrrole nitrogens is 1. The van der Waals surface area contributed by atoms with Crippen molar-refractivity contribution < 1.29 is 4.39 Å². The summed E-state index contributed by atoms with van der Waals surface area (Å²) in [6.07, 6.45) is 0. The molecule has 0 amide bonds. The Morgan fingerprint density at radius 3 is 2.71 bits per heavy atom. The van der Waals surface area contributed by atoms with Gasteiger partial charge in [-0.2, -0.15) is 0 Å². The van der Waals surface area contributed by atoms with Gasteiger partial charge in [0.25, 0.3) is 5.56 Å².